The van der Waals surface area contributed by atoms with Gasteiger partial charge >= 0.3 is 0 Å². The topological polar surface area (TPSA) is 71.8 Å². The lowest BCUT2D eigenvalue weighted by Crippen LogP contribution is -2.43. The van der Waals surface area contributed by atoms with E-state index in [9.17, 15) is 9.18 Å². The molecule has 4 rings (SSSR count). The average Bonchev–Trinajstić information content (AvgIpc) is 2.92. The number of carbonyl (C=O) groups is 1. The summed E-state index contributed by atoms with van der Waals surface area (Å²) in [6.45, 7) is 1.90. The number of rotatable bonds is 2. The molecule has 0 bridgehead atoms. The lowest BCUT2D eigenvalue weighted by atomic mass is 10.1. The van der Waals surface area contributed by atoms with Gasteiger partial charge in [0.05, 0.1) is 23.7 Å². The molecule has 3 aromatic rings. The first-order chi connectivity index (χ1) is 11.7. The predicted octanol–water partition coefficient (Wildman–Crippen LogP) is 1.47. The fourth-order valence-corrected chi connectivity index (χ4v) is 3.02. The quantitative estimate of drug-likeness (QED) is 0.748. The second-order valence-electron chi connectivity index (χ2n) is 5.83. The fourth-order valence-electron chi connectivity index (χ4n) is 3.02. The third-order valence-corrected chi connectivity index (χ3v) is 4.14. The molecule has 0 saturated heterocycles. The monoisotopic (exact) mass is 325 g/mol. The van der Waals surface area contributed by atoms with E-state index in [1.54, 1.807) is 24.5 Å². The van der Waals surface area contributed by atoms with Crippen LogP contribution in [-0.4, -0.2) is 33.0 Å². The molecule has 3 heterocycles. The van der Waals surface area contributed by atoms with Crippen LogP contribution in [0.25, 0.3) is 10.9 Å². The van der Waals surface area contributed by atoms with Gasteiger partial charge < -0.3 is 15.2 Å². The molecule has 7 heteroatoms. The molecule has 1 aromatic carbocycles. The van der Waals surface area contributed by atoms with Gasteiger partial charge in [-0.1, -0.05) is 6.07 Å². The van der Waals surface area contributed by atoms with Gasteiger partial charge in [0.1, 0.15) is 11.6 Å². The molecule has 0 fully saturated rings. The largest absolute Gasteiger partial charge is 0.346 e. The molecule has 24 heavy (non-hydrogen) atoms. The molecule has 0 aliphatic carbocycles. The Hall–Kier alpha value is -2.80. The minimum absolute atomic E-state index is 0.116. The summed E-state index contributed by atoms with van der Waals surface area (Å²) in [5.41, 5.74) is 0.752. The van der Waals surface area contributed by atoms with Crippen LogP contribution in [0.1, 0.15) is 16.2 Å². The van der Waals surface area contributed by atoms with Gasteiger partial charge in [0.25, 0.3) is 5.91 Å². The zero-order chi connectivity index (χ0) is 16.5. The minimum Gasteiger partial charge on any atom is -0.346 e. The molecular formula is C17H16FN5O. The number of imidazole rings is 1. The number of amides is 1. The second-order valence-corrected chi connectivity index (χ2v) is 5.83. The highest BCUT2D eigenvalue weighted by Gasteiger charge is 2.20. The normalized spacial score (nSPS) is 17.3. The van der Waals surface area contributed by atoms with E-state index in [2.05, 4.69) is 20.6 Å². The Labute approximate surface area is 137 Å². The number of nitrogens with zero attached hydrogens (tertiary/aromatic N) is 3. The zero-order valence-corrected chi connectivity index (χ0v) is 12.9. The van der Waals surface area contributed by atoms with Crippen LogP contribution in [0.3, 0.4) is 0 Å². The van der Waals surface area contributed by atoms with Crippen molar-refractivity contribution >= 4 is 16.8 Å². The molecule has 1 amide bonds. The molecule has 6 nitrogen and oxygen atoms in total. The predicted molar refractivity (Wildman–Crippen MR) is 86.9 cm³/mol. The van der Waals surface area contributed by atoms with Crippen LogP contribution in [0.2, 0.25) is 0 Å². The summed E-state index contributed by atoms with van der Waals surface area (Å²) < 4.78 is 15.8. The Kier molecular flexibility index (Phi) is 3.70. The van der Waals surface area contributed by atoms with Gasteiger partial charge in [-0.25, -0.2) is 9.37 Å². The van der Waals surface area contributed by atoms with Gasteiger partial charge in [0, 0.05) is 37.1 Å². The summed E-state index contributed by atoms with van der Waals surface area (Å²) in [6.07, 6.45) is 5.23. The molecule has 0 radical (unpaired) electrons. The number of halogens is 1. The van der Waals surface area contributed by atoms with Crippen molar-refractivity contribution < 1.29 is 9.18 Å². The second kappa shape index (κ2) is 6.01. The summed E-state index contributed by atoms with van der Waals surface area (Å²) in [6, 6.07) is 5.96. The van der Waals surface area contributed by atoms with Crippen LogP contribution in [0, 0.1) is 5.82 Å². The molecule has 1 aliphatic heterocycles. The molecule has 0 spiro atoms. The van der Waals surface area contributed by atoms with E-state index < -0.39 is 5.82 Å². The highest BCUT2D eigenvalue weighted by molar-refractivity contribution is 6.05. The van der Waals surface area contributed by atoms with E-state index in [0.717, 1.165) is 5.82 Å². The Bertz CT molecular complexity index is 907. The van der Waals surface area contributed by atoms with Crippen molar-refractivity contribution in [1.82, 2.24) is 25.2 Å². The number of pyridine rings is 1. The molecule has 2 aromatic heterocycles. The van der Waals surface area contributed by atoms with E-state index in [1.807, 2.05) is 10.8 Å². The molecule has 1 atom stereocenters. The number of carbonyl (C=O) groups excluding carboxylic acids is 1. The molecule has 122 valence electrons. The Morgan fingerprint density at radius 3 is 3.17 bits per heavy atom. The lowest BCUT2D eigenvalue weighted by Gasteiger charge is -2.18. The highest BCUT2D eigenvalue weighted by Crippen LogP contribution is 2.18. The summed E-state index contributed by atoms with van der Waals surface area (Å²) in [5.74, 6) is 0.162. The van der Waals surface area contributed by atoms with E-state index in [1.165, 1.54) is 12.1 Å². The van der Waals surface area contributed by atoms with E-state index in [4.69, 9.17) is 0 Å². The van der Waals surface area contributed by atoms with E-state index in [0.29, 0.717) is 30.5 Å². The van der Waals surface area contributed by atoms with Crippen molar-refractivity contribution in [3.63, 3.8) is 0 Å². The number of benzene rings is 1. The summed E-state index contributed by atoms with van der Waals surface area (Å²) in [5, 5.41) is 6.84. The van der Waals surface area contributed by atoms with Crippen LogP contribution in [0.5, 0.6) is 0 Å². The maximum absolute atomic E-state index is 13.8. The van der Waals surface area contributed by atoms with Crippen molar-refractivity contribution in [2.75, 3.05) is 6.54 Å². The maximum Gasteiger partial charge on any atom is 0.253 e. The van der Waals surface area contributed by atoms with Gasteiger partial charge in [0.2, 0.25) is 0 Å². The average molecular weight is 325 g/mol. The summed E-state index contributed by atoms with van der Waals surface area (Å²) in [7, 11) is 0. The molecule has 0 saturated carbocycles. The van der Waals surface area contributed by atoms with Crippen LogP contribution < -0.4 is 10.6 Å². The van der Waals surface area contributed by atoms with Crippen LogP contribution in [-0.2, 0) is 13.1 Å². The van der Waals surface area contributed by atoms with Gasteiger partial charge in [-0.2, -0.15) is 0 Å². The Morgan fingerprint density at radius 1 is 1.33 bits per heavy atom. The van der Waals surface area contributed by atoms with Gasteiger partial charge in [-0.15, -0.1) is 0 Å². The van der Waals surface area contributed by atoms with Crippen molar-refractivity contribution in [1.29, 1.82) is 0 Å². The number of hydrogen-bond acceptors (Lipinski definition) is 4. The van der Waals surface area contributed by atoms with Crippen molar-refractivity contribution in [2.24, 2.45) is 0 Å². The van der Waals surface area contributed by atoms with Crippen LogP contribution in [0.15, 0.2) is 42.9 Å². The first-order valence-corrected chi connectivity index (χ1v) is 7.76. The summed E-state index contributed by atoms with van der Waals surface area (Å²) in [4.78, 5) is 21.2. The van der Waals surface area contributed by atoms with Gasteiger partial charge in [-0.05, 0) is 18.2 Å². The Morgan fingerprint density at radius 2 is 2.25 bits per heavy atom. The smallest absolute Gasteiger partial charge is 0.253 e. The van der Waals surface area contributed by atoms with Crippen LogP contribution in [0.4, 0.5) is 4.39 Å². The number of fused-ring (bicyclic) bond motifs is 2. The van der Waals surface area contributed by atoms with Gasteiger partial charge in [0.15, 0.2) is 0 Å². The number of aromatic nitrogens is 3. The first-order valence-electron chi connectivity index (χ1n) is 7.76. The molecule has 1 aliphatic rings. The zero-order valence-electron chi connectivity index (χ0n) is 12.9. The van der Waals surface area contributed by atoms with E-state index >= 15 is 0 Å². The maximum atomic E-state index is 13.8. The first kappa shape index (κ1) is 14.8. The summed E-state index contributed by atoms with van der Waals surface area (Å²) >= 11 is 0. The Balaban J connectivity index is 1.61. The number of hydrogen-bond donors (Lipinski definition) is 2. The lowest BCUT2D eigenvalue weighted by molar-refractivity contribution is 0.0934. The third-order valence-electron chi connectivity index (χ3n) is 4.14. The SMILES string of the molecule is O=C(NC1CNCc2nccn2C1)c1cc(F)cc2cccnc12. The number of nitrogens with one attached hydrogen (secondary N) is 2. The van der Waals surface area contributed by atoms with Gasteiger partial charge in [-0.3, -0.25) is 9.78 Å². The molecule has 2 N–H and O–H groups in total. The van der Waals surface area contributed by atoms with Crippen molar-refractivity contribution in [3.05, 3.63) is 60.1 Å². The highest BCUT2D eigenvalue weighted by atomic mass is 19.1. The molecule has 1 unspecified atom stereocenters. The molecular weight excluding hydrogens is 309 g/mol. The standard InChI is InChI=1S/C17H16FN5O/c18-12-6-11-2-1-3-21-16(11)14(7-12)17(24)22-13-8-19-9-15-20-4-5-23(15)10-13/h1-7,13,19H,8-10H2,(H,22,24). The third kappa shape index (κ3) is 2.74. The van der Waals surface area contributed by atoms with Crippen molar-refractivity contribution in [2.45, 2.75) is 19.1 Å². The van der Waals surface area contributed by atoms with Crippen LogP contribution >= 0.6 is 0 Å². The fraction of sp³-hybridized carbons (Fsp3) is 0.235. The van der Waals surface area contributed by atoms with Crippen molar-refractivity contribution in [3.8, 4) is 0 Å². The minimum atomic E-state index is -0.448. The van der Waals surface area contributed by atoms with E-state index in [-0.39, 0.29) is 17.5 Å².